The number of phenols is 1. The summed E-state index contributed by atoms with van der Waals surface area (Å²) < 4.78 is 5.58. The fourth-order valence-corrected chi connectivity index (χ4v) is 2.11. The van der Waals surface area contributed by atoms with Crippen LogP contribution in [0, 0.1) is 0 Å². The zero-order valence-corrected chi connectivity index (χ0v) is 13.0. The quantitative estimate of drug-likeness (QED) is 0.631. The molecular formula is C18H21NO3. The number of benzene rings is 2. The van der Waals surface area contributed by atoms with Crippen molar-refractivity contribution in [3.05, 3.63) is 59.7 Å². The van der Waals surface area contributed by atoms with Gasteiger partial charge >= 0.3 is 0 Å². The van der Waals surface area contributed by atoms with Gasteiger partial charge in [-0.25, -0.2) is 0 Å². The molecule has 0 aliphatic heterocycles. The first kappa shape index (κ1) is 16.0. The SMILES string of the molecule is CN(C)CCCOc1ccc(C(=O)c2ccccc2)c(O)c1. The predicted octanol–water partition coefficient (Wildman–Crippen LogP) is 2.95. The number of hydrogen-bond acceptors (Lipinski definition) is 4. The van der Waals surface area contributed by atoms with Crippen molar-refractivity contribution in [2.24, 2.45) is 0 Å². The van der Waals surface area contributed by atoms with Crippen molar-refractivity contribution in [2.75, 3.05) is 27.2 Å². The van der Waals surface area contributed by atoms with Crippen LogP contribution in [-0.4, -0.2) is 43.0 Å². The highest BCUT2D eigenvalue weighted by Crippen LogP contribution is 2.26. The van der Waals surface area contributed by atoms with Crippen LogP contribution in [0.4, 0.5) is 0 Å². The van der Waals surface area contributed by atoms with E-state index in [1.165, 1.54) is 6.07 Å². The Kier molecular flexibility index (Phi) is 5.55. The third kappa shape index (κ3) is 4.33. The van der Waals surface area contributed by atoms with E-state index in [1.807, 2.05) is 20.2 Å². The average Bonchev–Trinajstić information content (AvgIpc) is 2.52. The number of nitrogens with zero attached hydrogens (tertiary/aromatic N) is 1. The Morgan fingerprint density at radius 1 is 1.14 bits per heavy atom. The molecule has 0 saturated heterocycles. The fourth-order valence-electron chi connectivity index (χ4n) is 2.11. The largest absolute Gasteiger partial charge is 0.507 e. The molecule has 22 heavy (non-hydrogen) atoms. The van der Waals surface area contributed by atoms with Crippen LogP contribution in [0.3, 0.4) is 0 Å². The predicted molar refractivity (Wildman–Crippen MR) is 86.6 cm³/mol. The van der Waals surface area contributed by atoms with E-state index < -0.39 is 0 Å². The van der Waals surface area contributed by atoms with Gasteiger partial charge in [0, 0.05) is 18.2 Å². The Hall–Kier alpha value is -2.33. The molecule has 116 valence electrons. The van der Waals surface area contributed by atoms with E-state index in [4.69, 9.17) is 4.74 Å². The van der Waals surface area contributed by atoms with E-state index in [-0.39, 0.29) is 17.1 Å². The van der Waals surface area contributed by atoms with Crippen molar-refractivity contribution >= 4 is 5.78 Å². The molecule has 0 aromatic heterocycles. The zero-order chi connectivity index (χ0) is 15.9. The molecule has 0 radical (unpaired) electrons. The van der Waals surface area contributed by atoms with Gasteiger partial charge in [-0.2, -0.15) is 0 Å². The summed E-state index contributed by atoms with van der Waals surface area (Å²) in [6.07, 6.45) is 0.901. The fraction of sp³-hybridized carbons (Fsp3) is 0.278. The third-order valence-electron chi connectivity index (χ3n) is 3.27. The van der Waals surface area contributed by atoms with E-state index in [9.17, 15) is 9.90 Å². The molecule has 0 spiro atoms. The maximum Gasteiger partial charge on any atom is 0.196 e. The van der Waals surface area contributed by atoms with E-state index in [0.29, 0.717) is 17.9 Å². The second kappa shape index (κ2) is 7.61. The number of aromatic hydroxyl groups is 1. The average molecular weight is 299 g/mol. The van der Waals surface area contributed by atoms with Crippen molar-refractivity contribution < 1.29 is 14.6 Å². The summed E-state index contributed by atoms with van der Waals surface area (Å²) in [6.45, 7) is 1.51. The molecular weight excluding hydrogens is 278 g/mol. The topological polar surface area (TPSA) is 49.8 Å². The second-order valence-corrected chi connectivity index (χ2v) is 5.38. The normalized spacial score (nSPS) is 10.7. The van der Waals surface area contributed by atoms with Crippen molar-refractivity contribution in [2.45, 2.75) is 6.42 Å². The maximum atomic E-state index is 12.3. The zero-order valence-electron chi connectivity index (χ0n) is 13.0. The molecule has 0 fully saturated rings. The lowest BCUT2D eigenvalue weighted by atomic mass is 10.0. The van der Waals surface area contributed by atoms with Crippen molar-refractivity contribution in [1.82, 2.24) is 4.90 Å². The van der Waals surface area contributed by atoms with E-state index in [1.54, 1.807) is 36.4 Å². The molecule has 0 bridgehead atoms. The summed E-state index contributed by atoms with van der Waals surface area (Å²) in [7, 11) is 4.02. The monoisotopic (exact) mass is 299 g/mol. The number of ether oxygens (including phenoxy) is 1. The summed E-state index contributed by atoms with van der Waals surface area (Å²) in [5.74, 6) is 0.317. The number of carbonyl (C=O) groups excluding carboxylic acids is 1. The van der Waals surface area contributed by atoms with Crippen molar-refractivity contribution in [3.63, 3.8) is 0 Å². The minimum Gasteiger partial charge on any atom is -0.507 e. The molecule has 0 amide bonds. The highest BCUT2D eigenvalue weighted by Gasteiger charge is 2.13. The molecule has 2 aromatic rings. The van der Waals surface area contributed by atoms with Crippen molar-refractivity contribution in [1.29, 1.82) is 0 Å². The van der Waals surface area contributed by atoms with Gasteiger partial charge in [0.15, 0.2) is 5.78 Å². The Morgan fingerprint density at radius 2 is 1.86 bits per heavy atom. The van der Waals surface area contributed by atoms with Crippen LogP contribution < -0.4 is 4.74 Å². The van der Waals surface area contributed by atoms with Gasteiger partial charge in [-0.05, 0) is 32.6 Å². The highest BCUT2D eigenvalue weighted by molar-refractivity contribution is 6.10. The third-order valence-corrected chi connectivity index (χ3v) is 3.27. The molecule has 0 unspecified atom stereocenters. The van der Waals surface area contributed by atoms with Crippen LogP contribution in [0.15, 0.2) is 48.5 Å². The van der Waals surface area contributed by atoms with Crippen LogP contribution >= 0.6 is 0 Å². The van der Waals surface area contributed by atoms with Crippen LogP contribution in [0.25, 0.3) is 0 Å². The van der Waals surface area contributed by atoms with E-state index in [2.05, 4.69) is 4.90 Å². The van der Waals surface area contributed by atoms with E-state index in [0.717, 1.165) is 13.0 Å². The number of phenolic OH excluding ortho intramolecular Hbond substituents is 1. The standard InChI is InChI=1S/C18H21NO3/c1-19(2)11-6-12-22-15-9-10-16(17(20)13-15)18(21)14-7-4-3-5-8-14/h3-5,7-10,13,20H,6,11-12H2,1-2H3. The molecule has 0 saturated carbocycles. The maximum absolute atomic E-state index is 12.3. The summed E-state index contributed by atoms with van der Waals surface area (Å²) in [5.41, 5.74) is 0.837. The first-order chi connectivity index (χ1) is 10.6. The molecule has 2 rings (SSSR count). The van der Waals surface area contributed by atoms with Crippen molar-refractivity contribution in [3.8, 4) is 11.5 Å². The molecule has 0 atom stereocenters. The molecule has 2 aromatic carbocycles. The number of carbonyl (C=O) groups is 1. The van der Waals surface area contributed by atoms with Crippen LogP contribution in [0.2, 0.25) is 0 Å². The van der Waals surface area contributed by atoms with Gasteiger partial charge in [0.1, 0.15) is 11.5 Å². The molecule has 0 aliphatic carbocycles. The Morgan fingerprint density at radius 3 is 2.50 bits per heavy atom. The number of hydrogen-bond donors (Lipinski definition) is 1. The number of rotatable bonds is 7. The van der Waals surface area contributed by atoms with Gasteiger partial charge < -0.3 is 14.7 Å². The Labute approximate surface area is 131 Å². The molecule has 0 aliphatic rings. The van der Waals surface area contributed by atoms with Crippen LogP contribution in [0.5, 0.6) is 11.5 Å². The molecule has 0 heterocycles. The summed E-state index contributed by atoms with van der Waals surface area (Å²) in [6, 6.07) is 13.7. The molecule has 1 N–H and O–H groups in total. The lowest BCUT2D eigenvalue weighted by Crippen LogP contribution is -2.15. The summed E-state index contributed by atoms with van der Waals surface area (Å²) >= 11 is 0. The van der Waals surface area contributed by atoms with Gasteiger partial charge in [-0.3, -0.25) is 4.79 Å². The minimum absolute atomic E-state index is 0.0565. The Bertz CT molecular complexity index is 623. The first-order valence-electron chi connectivity index (χ1n) is 7.28. The van der Waals surface area contributed by atoms with Gasteiger partial charge in [-0.15, -0.1) is 0 Å². The smallest absolute Gasteiger partial charge is 0.196 e. The second-order valence-electron chi connectivity index (χ2n) is 5.38. The lowest BCUT2D eigenvalue weighted by molar-refractivity contribution is 0.103. The molecule has 4 nitrogen and oxygen atoms in total. The summed E-state index contributed by atoms with van der Waals surface area (Å²) in [5, 5.41) is 10.1. The summed E-state index contributed by atoms with van der Waals surface area (Å²) in [4.78, 5) is 14.4. The van der Waals surface area contributed by atoms with Gasteiger partial charge in [0.25, 0.3) is 0 Å². The van der Waals surface area contributed by atoms with Gasteiger partial charge in [0.05, 0.1) is 12.2 Å². The van der Waals surface area contributed by atoms with Gasteiger partial charge in [-0.1, -0.05) is 30.3 Å². The van der Waals surface area contributed by atoms with Gasteiger partial charge in [0.2, 0.25) is 0 Å². The Balaban J connectivity index is 2.02. The minimum atomic E-state index is -0.197. The van der Waals surface area contributed by atoms with Crippen LogP contribution in [0.1, 0.15) is 22.3 Å². The molecule has 4 heteroatoms. The van der Waals surface area contributed by atoms with E-state index >= 15 is 0 Å². The first-order valence-corrected chi connectivity index (χ1v) is 7.28. The van der Waals surface area contributed by atoms with Crippen LogP contribution in [-0.2, 0) is 0 Å². The lowest BCUT2D eigenvalue weighted by Gasteiger charge is -2.11. The number of ketones is 1. The highest BCUT2D eigenvalue weighted by atomic mass is 16.5.